The number of benzene rings is 1. The van der Waals surface area contributed by atoms with Gasteiger partial charge in [0.15, 0.2) is 5.96 Å². The van der Waals surface area contributed by atoms with Crippen LogP contribution in [0.2, 0.25) is 0 Å². The summed E-state index contributed by atoms with van der Waals surface area (Å²) in [7, 11) is 3.80. The molecule has 5 nitrogen and oxygen atoms in total. The first kappa shape index (κ1) is 24.1. The van der Waals surface area contributed by atoms with Crippen molar-refractivity contribution in [1.82, 2.24) is 15.5 Å². The highest BCUT2D eigenvalue weighted by atomic mass is 127. The van der Waals surface area contributed by atoms with E-state index in [1.165, 1.54) is 6.07 Å². The molecule has 0 heterocycles. The summed E-state index contributed by atoms with van der Waals surface area (Å²) in [6, 6.07) is 6.88. The number of ether oxygens (including phenoxy) is 1. The highest BCUT2D eigenvalue weighted by molar-refractivity contribution is 14.0. The number of aliphatic imine (C=N–C) groups is 1. The fraction of sp³-hybridized carbons (Fsp3) is 0.611. The summed E-state index contributed by atoms with van der Waals surface area (Å²) < 4.78 is 18.6. The van der Waals surface area contributed by atoms with Crippen LogP contribution in [0.15, 0.2) is 29.3 Å². The second-order valence-electron chi connectivity index (χ2n) is 5.68. The van der Waals surface area contributed by atoms with E-state index in [1.807, 2.05) is 19.1 Å². The summed E-state index contributed by atoms with van der Waals surface area (Å²) in [5.41, 5.74) is 0.723. The first-order chi connectivity index (χ1) is 11.7. The summed E-state index contributed by atoms with van der Waals surface area (Å²) in [5, 5.41) is 6.47. The normalized spacial score (nSPS) is 11.3. The zero-order valence-corrected chi connectivity index (χ0v) is 17.9. The number of methoxy groups -OCH3 is 1. The number of likely N-dealkylation sites (N-methyl/N-ethyl adjacent to an activating group) is 1. The minimum absolute atomic E-state index is 0. The number of guanidine groups is 1. The molecule has 0 aliphatic carbocycles. The molecule has 0 bridgehead atoms. The van der Waals surface area contributed by atoms with Crippen molar-refractivity contribution in [3.8, 4) is 0 Å². The largest absolute Gasteiger partial charge is 0.383 e. The zero-order valence-electron chi connectivity index (χ0n) is 15.6. The second kappa shape index (κ2) is 15.3. The Hall–Kier alpha value is -0.930. The average Bonchev–Trinajstić information content (AvgIpc) is 2.58. The number of halogens is 2. The molecule has 1 rings (SSSR count). The molecular formula is C18H32FIN4O. The van der Waals surface area contributed by atoms with Crippen molar-refractivity contribution >= 4 is 29.9 Å². The van der Waals surface area contributed by atoms with E-state index in [9.17, 15) is 4.39 Å². The number of hydrogen-bond acceptors (Lipinski definition) is 3. The molecule has 0 saturated carbocycles. The van der Waals surface area contributed by atoms with E-state index in [1.54, 1.807) is 13.2 Å². The molecule has 25 heavy (non-hydrogen) atoms. The third-order valence-corrected chi connectivity index (χ3v) is 3.63. The van der Waals surface area contributed by atoms with Gasteiger partial charge in [-0.2, -0.15) is 0 Å². The third-order valence-electron chi connectivity index (χ3n) is 3.63. The van der Waals surface area contributed by atoms with Crippen LogP contribution in [0.25, 0.3) is 0 Å². The summed E-state index contributed by atoms with van der Waals surface area (Å²) in [4.78, 5) is 6.80. The van der Waals surface area contributed by atoms with E-state index in [0.717, 1.165) is 50.7 Å². The maximum absolute atomic E-state index is 13.6. The molecule has 0 amide bonds. The predicted molar refractivity (Wildman–Crippen MR) is 113 cm³/mol. The van der Waals surface area contributed by atoms with Crippen LogP contribution in [-0.4, -0.2) is 64.3 Å². The molecule has 0 aliphatic heterocycles. The fourth-order valence-corrected chi connectivity index (χ4v) is 2.25. The molecule has 144 valence electrons. The van der Waals surface area contributed by atoms with Crippen molar-refractivity contribution in [2.75, 3.05) is 53.5 Å². The van der Waals surface area contributed by atoms with E-state index >= 15 is 0 Å². The van der Waals surface area contributed by atoms with Crippen molar-refractivity contribution in [1.29, 1.82) is 0 Å². The van der Waals surface area contributed by atoms with E-state index < -0.39 is 0 Å². The molecule has 2 N–H and O–H groups in total. The standard InChI is InChI=1S/C18H31FN4O.HI/c1-4-20-18(21-11-7-13-23(2)14-15-24-3)22-12-10-16-8-5-6-9-17(16)19;/h5-6,8-9H,4,7,10-15H2,1-3H3,(H2,20,21,22);1H. The molecule has 0 radical (unpaired) electrons. The first-order valence-corrected chi connectivity index (χ1v) is 8.60. The van der Waals surface area contributed by atoms with Crippen LogP contribution >= 0.6 is 24.0 Å². The maximum atomic E-state index is 13.6. The molecule has 0 spiro atoms. The maximum Gasteiger partial charge on any atom is 0.191 e. The molecule has 0 aromatic heterocycles. The Morgan fingerprint density at radius 1 is 1.24 bits per heavy atom. The van der Waals surface area contributed by atoms with Gasteiger partial charge in [0.05, 0.1) is 6.61 Å². The minimum Gasteiger partial charge on any atom is -0.383 e. The molecular weight excluding hydrogens is 434 g/mol. The molecule has 7 heteroatoms. The Morgan fingerprint density at radius 2 is 2.00 bits per heavy atom. The van der Waals surface area contributed by atoms with Crippen molar-refractivity contribution < 1.29 is 9.13 Å². The third kappa shape index (κ3) is 11.3. The van der Waals surface area contributed by atoms with Crippen LogP contribution < -0.4 is 10.6 Å². The minimum atomic E-state index is -0.152. The molecule has 0 fully saturated rings. The lowest BCUT2D eigenvalue weighted by molar-refractivity contribution is 0.161. The van der Waals surface area contributed by atoms with Crippen LogP contribution in [0, 0.1) is 5.82 Å². The van der Waals surface area contributed by atoms with Crippen molar-refractivity contribution in [3.63, 3.8) is 0 Å². The number of hydrogen-bond donors (Lipinski definition) is 2. The van der Waals surface area contributed by atoms with Gasteiger partial charge in [0.25, 0.3) is 0 Å². The molecule has 0 unspecified atom stereocenters. The summed E-state index contributed by atoms with van der Waals surface area (Å²) in [5.74, 6) is 0.633. The zero-order chi connectivity index (χ0) is 17.6. The van der Waals surface area contributed by atoms with Gasteiger partial charge in [-0.3, -0.25) is 4.99 Å². The van der Waals surface area contributed by atoms with Gasteiger partial charge < -0.3 is 20.3 Å². The van der Waals surface area contributed by atoms with Gasteiger partial charge in [-0.25, -0.2) is 4.39 Å². The Bertz CT molecular complexity index is 488. The average molecular weight is 466 g/mol. The van der Waals surface area contributed by atoms with E-state index in [-0.39, 0.29) is 29.8 Å². The van der Waals surface area contributed by atoms with Crippen LogP contribution in [0.3, 0.4) is 0 Å². The highest BCUT2D eigenvalue weighted by Gasteiger charge is 2.02. The first-order valence-electron chi connectivity index (χ1n) is 8.60. The van der Waals surface area contributed by atoms with Crippen LogP contribution in [-0.2, 0) is 11.2 Å². The van der Waals surface area contributed by atoms with Crippen molar-refractivity contribution in [2.24, 2.45) is 4.99 Å². The van der Waals surface area contributed by atoms with Crippen molar-refractivity contribution in [2.45, 2.75) is 19.8 Å². The van der Waals surface area contributed by atoms with Gasteiger partial charge in [0, 0.05) is 33.3 Å². The highest BCUT2D eigenvalue weighted by Crippen LogP contribution is 2.06. The second-order valence-corrected chi connectivity index (χ2v) is 5.68. The number of nitrogens with one attached hydrogen (secondary N) is 2. The Labute approximate surface area is 168 Å². The van der Waals surface area contributed by atoms with Gasteiger partial charge in [0.2, 0.25) is 0 Å². The molecule has 1 aromatic carbocycles. The fourth-order valence-electron chi connectivity index (χ4n) is 2.25. The Kier molecular flexibility index (Phi) is 14.8. The lowest BCUT2D eigenvalue weighted by atomic mass is 10.1. The molecule has 0 atom stereocenters. The van der Waals surface area contributed by atoms with Gasteiger partial charge in [-0.05, 0) is 45.0 Å². The molecule has 0 aliphatic rings. The summed E-state index contributed by atoms with van der Waals surface area (Å²) >= 11 is 0. The summed E-state index contributed by atoms with van der Waals surface area (Å²) in [6.07, 6.45) is 1.63. The summed E-state index contributed by atoms with van der Waals surface area (Å²) in [6.45, 7) is 6.92. The van der Waals surface area contributed by atoms with Gasteiger partial charge in [-0.1, -0.05) is 18.2 Å². The van der Waals surface area contributed by atoms with E-state index in [4.69, 9.17) is 4.74 Å². The number of nitrogens with zero attached hydrogens (tertiary/aromatic N) is 2. The smallest absolute Gasteiger partial charge is 0.191 e. The quantitative estimate of drug-likeness (QED) is 0.228. The lowest BCUT2D eigenvalue weighted by Gasteiger charge is -2.15. The monoisotopic (exact) mass is 466 g/mol. The van der Waals surface area contributed by atoms with Gasteiger partial charge >= 0.3 is 0 Å². The van der Waals surface area contributed by atoms with Gasteiger partial charge in [-0.15, -0.1) is 24.0 Å². The van der Waals surface area contributed by atoms with Crippen LogP contribution in [0.4, 0.5) is 4.39 Å². The van der Waals surface area contributed by atoms with E-state index in [2.05, 4.69) is 27.6 Å². The molecule has 1 aromatic rings. The van der Waals surface area contributed by atoms with Gasteiger partial charge in [0.1, 0.15) is 5.82 Å². The topological polar surface area (TPSA) is 48.9 Å². The van der Waals surface area contributed by atoms with E-state index in [0.29, 0.717) is 13.0 Å². The molecule has 0 saturated heterocycles. The van der Waals surface area contributed by atoms with Crippen LogP contribution in [0.5, 0.6) is 0 Å². The lowest BCUT2D eigenvalue weighted by Crippen LogP contribution is -2.38. The predicted octanol–water partition coefficient (Wildman–Crippen LogP) is 2.51. The van der Waals surface area contributed by atoms with Crippen LogP contribution in [0.1, 0.15) is 18.9 Å². The Morgan fingerprint density at radius 3 is 2.68 bits per heavy atom. The SMILES string of the molecule is CCNC(=NCCCN(C)CCOC)NCCc1ccccc1F.I. The van der Waals surface area contributed by atoms with Crippen molar-refractivity contribution in [3.05, 3.63) is 35.6 Å². The Balaban J connectivity index is 0.00000576. The number of rotatable bonds is 11.